The first-order valence-corrected chi connectivity index (χ1v) is 6.93. The van der Waals surface area contributed by atoms with Gasteiger partial charge in [0.2, 0.25) is 0 Å². The van der Waals surface area contributed by atoms with E-state index in [0.717, 1.165) is 23.2 Å². The Balaban J connectivity index is 1.80. The van der Waals surface area contributed by atoms with Gasteiger partial charge in [0.25, 0.3) is 0 Å². The molecule has 1 aliphatic carbocycles. The van der Waals surface area contributed by atoms with Gasteiger partial charge >= 0.3 is 0 Å². The van der Waals surface area contributed by atoms with E-state index in [-0.39, 0.29) is 0 Å². The summed E-state index contributed by atoms with van der Waals surface area (Å²) < 4.78 is 0. The Morgan fingerprint density at radius 3 is 2.82 bits per heavy atom. The first kappa shape index (κ1) is 12.4. The van der Waals surface area contributed by atoms with Gasteiger partial charge in [-0.25, -0.2) is 9.98 Å². The van der Waals surface area contributed by atoms with Crippen LogP contribution >= 0.6 is 11.3 Å². The summed E-state index contributed by atoms with van der Waals surface area (Å²) in [5.74, 6) is 1.36. The number of guanidine groups is 1. The van der Waals surface area contributed by atoms with Crippen LogP contribution < -0.4 is 11.1 Å². The summed E-state index contributed by atoms with van der Waals surface area (Å²) in [7, 11) is 0. The zero-order chi connectivity index (χ0) is 12.3. The Morgan fingerprint density at radius 1 is 1.53 bits per heavy atom. The summed E-state index contributed by atoms with van der Waals surface area (Å²) in [5, 5.41) is 4.28. The number of aromatic nitrogens is 1. The predicted octanol–water partition coefficient (Wildman–Crippen LogP) is 1.96. The SMILES string of the molecule is Cc1nc(C)c(CN=C(N)NCC2CCC2)s1. The second-order valence-corrected chi connectivity index (χ2v) is 5.91. The maximum absolute atomic E-state index is 5.83. The number of nitrogens with zero attached hydrogens (tertiary/aromatic N) is 2. The number of aliphatic imine (C=N–C) groups is 1. The van der Waals surface area contributed by atoms with Crippen LogP contribution in [-0.4, -0.2) is 17.5 Å². The molecule has 5 heteroatoms. The van der Waals surface area contributed by atoms with Gasteiger partial charge in [-0.05, 0) is 32.6 Å². The lowest BCUT2D eigenvalue weighted by Gasteiger charge is -2.25. The summed E-state index contributed by atoms with van der Waals surface area (Å²) >= 11 is 1.69. The lowest BCUT2D eigenvalue weighted by atomic mass is 9.85. The minimum Gasteiger partial charge on any atom is -0.370 e. The van der Waals surface area contributed by atoms with Crippen molar-refractivity contribution in [2.75, 3.05) is 6.54 Å². The highest BCUT2D eigenvalue weighted by Crippen LogP contribution is 2.25. The third-order valence-electron chi connectivity index (χ3n) is 3.19. The fourth-order valence-corrected chi connectivity index (χ4v) is 2.74. The van der Waals surface area contributed by atoms with E-state index >= 15 is 0 Å². The largest absolute Gasteiger partial charge is 0.370 e. The molecule has 1 aromatic rings. The van der Waals surface area contributed by atoms with Gasteiger partial charge in [-0.2, -0.15) is 0 Å². The number of thiazole rings is 1. The van der Waals surface area contributed by atoms with Gasteiger partial charge < -0.3 is 11.1 Å². The van der Waals surface area contributed by atoms with Crippen molar-refractivity contribution < 1.29 is 0 Å². The van der Waals surface area contributed by atoms with E-state index < -0.39 is 0 Å². The molecule has 1 aliphatic rings. The number of hydrogen-bond acceptors (Lipinski definition) is 3. The molecule has 0 radical (unpaired) electrons. The van der Waals surface area contributed by atoms with Crippen LogP contribution in [0.2, 0.25) is 0 Å². The first-order valence-electron chi connectivity index (χ1n) is 6.12. The van der Waals surface area contributed by atoms with Gasteiger partial charge in [-0.3, -0.25) is 0 Å². The molecule has 94 valence electrons. The zero-order valence-electron chi connectivity index (χ0n) is 10.5. The van der Waals surface area contributed by atoms with Crippen molar-refractivity contribution in [2.45, 2.75) is 39.7 Å². The molecule has 0 atom stereocenters. The monoisotopic (exact) mass is 252 g/mol. The van der Waals surface area contributed by atoms with E-state index in [2.05, 4.69) is 15.3 Å². The van der Waals surface area contributed by atoms with E-state index in [0.29, 0.717) is 12.5 Å². The average Bonchev–Trinajstić information content (AvgIpc) is 2.52. The van der Waals surface area contributed by atoms with Crippen molar-refractivity contribution in [1.82, 2.24) is 10.3 Å². The van der Waals surface area contributed by atoms with Crippen LogP contribution in [0, 0.1) is 19.8 Å². The molecule has 17 heavy (non-hydrogen) atoms. The molecule has 0 bridgehead atoms. The predicted molar refractivity (Wildman–Crippen MR) is 72.3 cm³/mol. The number of nitrogens with one attached hydrogen (secondary N) is 1. The summed E-state index contributed by atoms with van der Waals surface area (Å²) in [6.45, 7) is 5.65. The van der Waals surface area contributed by atoms with Gasteiger partial charge in [0.15, 0.2) is 5.96 Å². The maximum atomic E-state index is 5.83. The van der Waals surface area contributed by atoms with Gasteiger partial charge in [0.05, 0.1) is 17.2 Å². The van der Waals surface area contributed by atoms with Crippen molar-refractivity contribution in [1.29, 1.82) is 0 Å². The molecule has 1 heterocycles. The highest BCUT2D eigenvalue weighted by molar-refractivity contribution is 7.11. The van der Waals surface area contributed by atoms with Gasteiger partial charge in [0.1, 0.15) is 0 Å². The molecule has 0 saturated heterocycles. The number of rotatable bonds is 4. The minimum absolute atomic E-state index is 0.558. The lowest BCUT2D eigenvalue weighted by molar-refractivity contribution is 0.315. The van der Waals surface area contributed by atoms with Crippen LogP contribution in [0.5, 0.6) is 0 Å². The fraction of sp³-hybridized carbons (Fsp3) is 0.667. The average molecular weight is 252 g/mol. The Morgan fingerprint density at radius 2 is 2.29 bits per heavy atom. The third-order valence-corrected chi connectivity index (χ3v) is 4.25. The summed E-state index contributed by atoms with van der Waals surface area (Å²) in [6, 6.07) is 0. The molecule has 0 spiro atoms. The van der Waals surface area contributed by atoms with Crippen molar-refractivity contribution in [2.24, 2.45) is 16.6 Å². The van der Waals surface area contributed by atoms with Crippen molar-refractivity contribution >= 4 is 17.3 Å². The van der Waals surface area contributed by atoms with Crippen molar-refractivity contribution in [3.05, 3.63) is 15.6 Å². The van der Waals surface area contributed by atoms with Crippen molar-refractivity contribution in [3.8, 4) is 0 Å². The molecule has 0 amide bonds. The quantitative estimate of drug-likeness (QED) is 0.636. The Bertz CT molecular complexity index is 407. The van der Waals surface area contributed by atoms with E-state index in [1.54, 1.807) is 11.3 Å². The maximum Gasteiger partial charge on any atom is 0.188 e. The topological polar surface area (TPSA) is 63.3 Å². The number of hydrogen-bond donors (Lipinski definition) is 2. The number of nitrogens with two attached hydrogens (primary N) is 1. The third kappa shape index (κ3) is 3.43. The normalized spacial score (nSPS) is 16.9. The Hall–Kier alpha value is -1.10. The van der Waals surface area contributed by atoms with E-state index in [4.69, 9.17) is 5.73 Å². The van der Waals surface area contributed by atoms with Crippen LogP contribution in [0.15, 0.2) is 4.99 Å². The Labute approximate surface area is 106 Å². The van der Waals surface area contributed by atoms with Crippen LogP contribution in [0.3, 0.4) is 0 Å². The molecule has 1 aromatic heterocycles. The van der Waals surface area contributed by atoms with Crippen molar-refractivity contribution in [3.63, 3.8) is 0 Å². The second kappa shape index (κ2) is 5.49. The van der Waals surface area contributed by atoms with E-state index in [1.165, 1.54) is 24.1 Å². The van der Waals surface area contributed by atoms with Crippen LogP contribution in [-0.2, 0) is 6.54 Å². The molecule has 4 nitrogen and oxygen atoms in total. The van der Waals surface area contributed by atoms with Gasteiger partial charge in [-0.1, -0.05) is 6.42 Å². The van der Waals surface area contributed by atoms with Crippen LogP contribution in [0.4, 0.5) is 0 Å². The lowest BCUT2D eigenvalue weighted by Crippen LogP contribution is -2.37. The summed E-state index contributed by atoms with van der Waals surface area (Å²) in [4.78, 5) is 9.93. The highest BCUT2D eigenvalue weighted by atomic mass is 32.1. The fourth-order valence-electron chi connectivity index (χ4n) is 1.88. The molecule has 1 saturated carbocycles. The minimum atomic E-state index is 0.558. The smallest absolute Gasteiger partial charge is 0.188 e. The molecular formula is C12H20N4S. The summed E-state index contributed by atoms with van der Waals surface area (Å²) in [6.07, 6.45) is 4.02. The molecule has 0 aliphatic heterocycles. The van der Waals surface area contributed by atoms with Crippen LogP contribution in [0.1, 0.15) is 34.8 Å². The van der Waals surface area contributed by atoms with E-state index in [9.17, 15) is 0 Å². The Kier molecular flexibility index (Phi) is 3.99. The van der Waals surface area contributed by atoms with Crippen LogP contribution in [0.25, 0.3) is 0 Å². The van der Waals surface area contributed by atoms with E-state index in [1.807, 2.05) is 13.8 Å². The van der Waals surface area contributed by atoms with Gasteiger partial charge in [0, 0.05) is 11.4 Å². The standard InChI is InChI=1S/C12H20N4S/c1-8-11(17-9(2)16-8)7-15-12(13)14-6-10-4-3-5-10/h10H,3-7H2,1-2H3,(H3,13,14,15). The van der Waals surface area contributed by atoms with Gasteiger partial charge in [-0.15, -0.1) is 11.3 Å². The number of aryl methyl sites for hydroxylation is 2. The molecule has 2 rings (SSSR count). The first-order chi connectivity index (χ1) is 8.15. The summed E-state index contributed by atoms with van der Waals surface area (Å²) in [5.41, 5.74) is 6.90. The molecular weight excluding hydrogens is 232 g/mol. The molecule has 1 fully saturated rings. The zero-order valence-corrected chi connectivity index (χ0v) is 11.3. The highest BCUT2D eigenvalue weighted by Gasteiger charge is 2.16. The molecule has 3 N–H and O–H groups in total. The second-order valence-electron chi connectivity index (χ2n) is 4.62. The molecule has 0 aromatic carbocycles. The molecule has 0 unspecified atom stereocenters.